The van der Waals surface area contributed by atoms with E-state index in [0.29, 0.717) is 55.4 Å². The third-order valence-corrected chi connectivity index (χ3v) is 7.55. The Kier molecular flexibility index (Phi) is 8.10. The predicted molar refractivity (Wildman–Crippen MR) is 136 cm³/mol. The van der Waals surface area contributed by atoms with E-state index in [1.165, 1.54) is 11.8 Å². The summed E-state index contributed by atoms with van der Waals surface area (Å²) in [4.78, 5) is 40.2. The third kappa shape index (κ3) is 5.22. The smallest absolute Gasteiger partial charge is 0.309 e. The maximum Gasteiger partial charge on any atom is 0.309 e. The number of esters is 1. The highest BCUT2D eigenvalue weighted by molar-refractivity contribution is 8.00. The lowest BCUT2D eigenvalue weighted by Gasteiger charge is -2.32. The van der Waals surface area contributed by atoms with Gasteiger partial charge in [-0.25, -0.2) is 0 Å². The zero-order valence-corrected chi connectivity index (χ0v) is 21.4. The number of hydrogen-bond acceptors (Lipinski definition) is 7. The molecule has 4 rings (SSSR count). The Hall–Kier alpha value is -2.88. The molecule has 1 fully saturated rings. The van der Waals surface area contributed by atoms with Crippen LogP contribution in [0.25, 0.3) is 16.7 Å². The van der Waals surface area contributed by atoms with Gasteiger partial charge >= 0.3 is 5.97 Å². The molecule has 0 saturated carbocycles. The van der Waals surface area contributed by atoms with Gasteiger partial charge in [-0.3, -0.25) is 23.4 Å². The molecule has 1 aliphatic rings. The van der Waals surface area contributed by atoms with Crippen LogP contribution in [0.1, 0.15) is 52.9 Å². The number of benzene rings is 1. The first-order chi connectivity index (χ1) is 17.0. The number of fused-ring (bicyclic) bond motifs is 3. The molecule has 1 unspecified atom stereocenters. The number of thioether (sulfide) groups is 1. The van der Waals surface area contributed by atoms with Crippen LogP contribution >= 0.6 is 11.8 Å². The van der Waals surface area contributed by atoms with Gasteiger partial charge < -0.3 is 9.64 Å². The molecule has 35 heavy (non-hydrogen) atoms. The average molecular weight is 500 g/mol. The highest BCUT2D eigenvalue weighted by atomic mass is 32.2. The summed E-state index contributed by atoms with van der Waals surface area (Å²) in [5, 5.41) is 9.55. The monoisotopic (exact) mass is 499 g/mol. The van der Waals surface area contributed by atoms with Crippen LogP contribution in [0.4, 0.5) is 0 Å². The second kappa shape index (κ2) is 11.2. The molecule has 3 heterocycles. The Morgan fingerprint density at radius 2 is 1.89 bits per heavy atom. The van der Waals surface area contributed by atoms with Crippen LogP contribution in [-0.2, 0) is 20.9 Å². The van der Waals surface area contributed by atoms with Crippen molar-refractivity contribution in [3.63, 3.8) is 0 Å². The fraction of sp³-hybridized carbons (Fsp3) is 0.560. The number of carbonyl (C=O) groups is 2. The van der Waals surface area contributed by atoms with Crippen molar-refractivity contribution < 1.29 is 14.3 Å². The molecular formula is C25H33N5O4S. The van der Waals surface area contributed by atoms with Crippen molar-refractivity contribution in [2.75, 3.05) is 19.7 Å². The third-order valence-electron chi connectivity index (χ3n) is 6.52. The standard InChI is InChI=1S/C25H33N5O4S/c1-4-6-9-14-29-22(32)19-10-7-8-11-20(19)30-24(29)26-27-25(30)35-17(3)21(31)28-15-12-18(13-16-28)23(33)34-5-2/h7-8,10-11,17-18H,4-6,9,12-16H2,1-3H3. The van der Waals surface area contributed by atoms with Crippen molar-refractivity contribution in [2.45, 2.75) is 69.8 Å². The van der Waals surface area contributed by atoms with E-state index in [1.807, 2.05) is 40.5 Å². The van der Waals surface area contributed by atoms with Crippen molar-refractivity contribution in [3.05, 3.63) is 34.6 Å². The second-order valence-electron chi connectivity index (χ2n) is 8.91. The van der Waals surface area contributed by atoms with E-state index in [9.17, 15) is 14.4 Å². The first kappa shape index (κ1) is 25.2. The molecular weight excluding hydrogens is 466 g/mol. The summed E-state index contributed by atoms with van der Waals surface area (Å²) in [6.07, 6.45) is 4.20. The Balaban J connectivity index is 1.56. The number of likely N-dealkylation sites (tertiary alicyclic amines) is 1. The van der Waals surface area contributed by atoms with Crippen molar-refractivity contribution in [1.29, 1.82) is 0 Å². The highest BCUT2D eigenvalue weighted by Gasteiger charge is 2.31. The topological polar surface area (TPSA) is 98.8 Å². The lowest BCUT2D eigenvalue weighted by molar-refractivity contribution is -0.151. The minimum absolute atomic E-state index is 0.00892. The molecule has 1 amide bonds. The van der Waals surface area contributed by atoms with Gasteiger partial charge in [0.15, 0.2) is 5.16 Å². The maximum atomic E-state index is 13.2. The fourth-order valence-corrected chi connectivity index (χ4v) is 5.53. The van der Waals surface area contributed by atoms with E-state index in [1.54, 1.807) is 11.5 Å². The van der Waals surface area contributed by atoms with E-state index >= 15 is 0 Å². The van der Waals surface area contributed by atoms with Crippen LogP contribution in [0.3, 0.4) is 0 Å². The molecule has 0 N–H and O–H groups in total. The van der Waals surface area contributed by atoms with Crippen molar-refractivity contribution in [2.24, 2.45) is 5.92 Å². The molecule has 3 aromatic rings. The van der Waals surface area contributed by atoms with Gasteiger partial charge in [0.05, 0.1) is 28.7 Å². The van der Waals surface area contributed by atoms with Crippen LogP contribution in [0.5, 0.6) is 0 Å². The van der Waals surface area contributed by atoms with Gasteiger partial charge in [0.25, 0.3) is 5.56 Å². The molecule has 9 nitrogen and oxygen atoms in total. The van der Waals surface area contributed by atoms with E-state index < -0.39 is 0 Å². The van der Waals surface area contributed by atoms with Gasteiger partial charge in [0, 0.05) is 19.6 Å². The van der Waals surface area contributed by atoms with Crippen molar-refractivity contribution >= 4 is 40.3 Å². The number of para-hydroxylation sites is 1. The van der Waals surface area contributed by atoms with Crippen molar-refractivity contribution in [1.82, 2.24) is 24.1 Å². The SMILES string of the molecule is CCCCCn1c(=O)c2ccccc2n2c(SC(C)C(=O)N3CCC(C(=O)OCC)CC3)nnc12. The number of amides is 1. The number of hydrogen-bond donors (Lipinski definition) is 0. The molecule has 10 heteroatoms. The summed E-state index contributed by atoms with van der Waals surface area (Å²) in [5.74, 6) is 0.198. The van der Waals surface area contributed by atoms with E-state index in [2.05, 4.69) is 17.1 Å². The number of unbranched alkanes of at least 4 members (excludes halogenated alkanes) is 2. The number of ether oxygens (including phenoxy) is 1. The van der Waals surface area contributed by atoms with E-state index in [4.69, 9.17) is 4.74 Å². The Labute approximate surface area is 208 Å². The zero-order valence-electron chi connectivity index (χ0n) is 20.6. The van der Waals surface area contributed by atoms with Crippen LogP contribution in [-0.4, -0.2) is 60.9 Å². The lowest BCUT2D eigenvalue weighted by atomic mass is 9.97. The molecule has 1 aliphatic heterocycles. The van der Waals surface area contributed by atoms with Gasteiger partial charge in [-0.2, -0.15) is 0 Å². The molecule has 2 aromatic heterocycles. The Bertz CT molecular complexity index is 1260. The number of rotatable bonds is 9. The predicted octanol–water partition coefficient (Wildman–Crippen LogP) is 3.52. The van der Waals surface area contributed by atoms with E-state index in [-0.39, 0.29) is 28.6 Å². The summed E-state index contributed by atoms with van der Waals surface area (Å²) < 4.78 is 8.72. The number of nitrogens with zero attached hydrogens (tertiary/aromatic N) is 5. The minimum Gasteiger partial charge on any atom is -0.466 e. The van der Waals surface area contributed by atoms with Gasteiger partial charge in [0.2, 0.25) is 11.7 Å². The quantitative estimate of drug-likeness (QED) is 0.252. The maximum absolute atomic E-state index is 13.2. The largest absolute Gasteiger partial charge is 0.466 e. The number of aromatic nitrogens is 4. The van der Waals surface area contributed by atoms with Crippen LogP contribution < -0.4 is 5.56 Å². The van der Waals surface area contributed by atoms with Crippen molar-refractivity contribution in [3.8, 4) is 0 Å². The summed E-state index contributed by atoms with van der Waals surface area (Å²) in [7, 11) is 0. The molecule has 0 spiro atoms. The zero-order chi connectivity index (χ0) is 24.9. The minimum atomic E-state index is -0.388. The molecule has 188 valence electrons. The summed E-state index contributed by atoms with van der Waals surface area (Å²) in [5.41, 5.74) is 0.670. The second-order valence-corrected chi connectivity index (χ2v) is 10.2. The molecule has 0 aliphatic carbocycles. The molecule has 1 atom stereocenters. The summed E-state index contributed by atoms with van der Waals surface area (Å²) in [6.45, 7) is 7.82. The fourth-order valence-electron chi connectivity index (χ4n) is 4.59. The molecule has 0 radical (unpaired) electrons. The van der Waals surface area contributed by atoms with Gasteiger partial charge in [0.1, 0.15) is 0 Å². The van der Waals surface area contributed by atoms with Gasteiger partial charge in [-0.1, -0.05) is 43.7 Å². The lowest BCUT2D eigenvalue weighted by Crippen LogP contribution is -2.43. The van der Waals surface area contributed by atoms with Crippen LogP contribution in [0.15, 0.2) is 34.2 Å². The first-order valence-electron chi connectivity index (χ1n) is 12.4. The average Bonchev–Trinajstić information content (AvgIpc) is 3.29. The molecule has 1 aromatic carbocycles. The van der Waals surface area contributed by atoms with E-state index in [0.717, 1.165) is 24.8 Å². The Morgan fingerprint density at radius 1 is 1.14 bits per heavy atom. The molecule has 1 saturated heterocycles. The Morgan fingerprint density at radius 3 is 2.60 bits per heavy atom. The number of aryl methyl sites for hydroxylation is 1. The number of piperidine rings is 1. The summed E-state index contributed by atoms with van der Waals surface area (Å²) in [6, 6.07) is 7.46. The van der Waals surface area contributed by atoms with Crippen LogP contribution in [0.2, 0.25) is 0 Å². The normalized spacial score (nSPS) is 15.6. The number of carbonyl (C=O) groups excluding carboxylic acids is 2. The highest BCUT2D eigenvalue weighted by Crippen LogP contribution is 2.28. The van der Waals surface area contributed by atoms with Gasteiger partial charge in [-0.05, 0) is 45.2 Å². The first-order valence-corrected chi connectivity index (χ1v) is 13.3. The van der Waals surface area contributed by atoms with Crippen LogP contribution in [0, 0.1) is 5.92 Å². The summed E-state index contributed by atoms with van der Waals surface area (Å²) >= 11 is 1.35. The molecule has 0 bridgehead atoms. The van der Waals surface area contributed by atoms with Gasteiger partial charge in [-0.15, -0.1) is 10.2 Å².